The number of halogens is 3. The summed E-state index contributed by atoms with van der Waals surface area (Å²) in [5, 5.41) is 9.90. The highest BCUT2D eigenvalue weighted by atomic mass is 19.4. The summed E-state index contributed by atoms with van der Waals surface area (Å²) in [6, 6.07) is 14.8. The van der Waals surface area contributed by atoms with Crippen LogP contribution in [0.1, 0.15) is 40.1 Å². The third-order valence-corrected chi connectivity index (χ3v) is 5.62. The van der Waals surface area contributed by atoms with E-state index in [0.717, 1.165) is 11.1 Å². The summed E-state index contributed by atoms with van der Waals surface area (Å²) >= 11 is 0. The highest BCUT2D eigenvalue weighted by Crippen LogP contribution is 2.30. The predicted molar refractivity (Wildman–Crippen MR) is 121 cm³/mol. The summed E-state index contributed by atoms with van der Waals surface area (Å²) in [6.07, 6.45) is -4.35. The van der Waals surface area contributed by atoms with Gasteiger partial charge in [-0.25, -0.2) is 9.48 Å². The number of ketones is 1. The highest BCUT2D eigenvalue weighted by Gasteiger charge is 2.35. The maximum Gasteiger partial charge on any atom is 0.401 e. The molecule has 2 aromatic carbocycles. The van der Waals surface area contributed by atoms with Crippen molar-refractivity contribution in [1.82, 2.24) is 20.0 Å². The third kappa shape index (κ3) is 5.12. The Morgan fingerprint density at radius 1 is 1.09 bits per heavy atom. The number of nitrogens with zero attached hydrogens (tertiary/aromatic N) is 3. The minimum absolute atomic E-state index is 0.000480. The second-order valence-corrected chi connectivity index (χ2v) is 8.25. The number of amides is 2. The van der Waals surface area contributed by atoms with Crippen molar-refractivity contribution in [1.29, 1.82) is 0 Å². The average Bonchev–Trinajstić information content (AvgIpc) is 3.09. The van der Waals surface area contributed by atoms with Crippen molar-refractivity contribution in [2.75, 3.05) is 18.4 Å². The van der Waals surface area contributed by atoms with Gasteiger partial charge >= 0.3 is 12.2 Å². The van der Waals surface area contributed by atoms with Crippen LogP contribution in [0.5, 0.6) is 0 Å². The molecule has 3 aromatic rings. The number of rotatable bonds is 5. The van der Waals surface area contributed by atoms with Crippen LogP contribution in [0.4, 0.5) is 23.8 Å². The number of urea groups is 1. The molecule has 7 nitrogen and oxygen atoms in total. The van der Waals surface area contributed by atoms with Crippen molar-refractivity contribution >= 4 is 17.6 Å². The molecule has 34 heavy (non-hydrogen) atoms. The minimum atomic E-state index is -4.35. The molecule has 10 heteroatoms. The molecule has 0 spiro atoms. The van der Waals surface area contributed by atoms with Gasteiger partial charge in [-0.1, -0.05) is 42.5 Å². The van der Waals surface area contributed by atoms with E-state index in [9.17, 15) is 22.8 Å². The fraction of sp³-hybridized carbons (Fsp3) is 0.292. The van der Waals surface area contributed by atoms with Crippen LogP contribution in [-0.2, 0) is 6.54 Å². The van der Waals surface area contributed by atoms with Crippen molar-refractivity contribution in [3.05, 3.63) is 77.0 Å². The predicted octanol–water partition coefficient (Wildman–Crippen LogP) is 4.62. The normalized spacial score (nSPS) is 16.1. The van der Waals surface area contributed by atoms with Crippen molar-refractivity contribution in [3.8, 4) is 5.69 Å². The first kappa shape index (κ1) is 23.5. The molecule has 1 atom stereocenters. The number of hydrogen-bond donors (Lipinski definition) is 2. The number of Topliss-reactive ketones (excluding diaryl/α,β-unsaturated/α-hetero) is 1. The number of nitrogens with one attached hydrogen (secondary N) is 2. The van der Waals surface area contributed by atoms with Gasteiger partial charge in [-0.15, -0.1) is 0 Å². The Kier molecular flexibility index (Phi) is 6.43. The number of para-hydroxylation sites is 1. The summed E-state index contributed by atoms with van der Waals surface area (Å²) in [5.41, 5.74) is 2.84. The third-order valence-electron chi connectivity index (χ3n) is 5.62. The highest BCUT2D eigenvalue weighted by molar-refractivity contribution is 6.03. The van der Waals surface area contributed by atoms with E-state index in [2.05, 4.69) is 15.7 Å². The summed E-state index contributed by atoms with van der Waals surface area (Å²) in [6.45, 7) is 2.13. The van der Waals surface area contributed by atoms with Gasteiger partial charge in [-0.2, -0.15) is 18.3 Å². The Hall–Kier alpha value is -3.66. The molecule has 2 amide bonds. The molecule has 1 aliphatic rings. The number of carbonyl (C=O) groups excluding carboxylic acids is 2. The zero-order valence-electron chi connectivity index (χ0n) is 18.7. The summed E-state index contributed by atoms with van der Waals surface area (Å²) < 4.78 is 40.6. The second kappa shape index (κ2) is 9.30. The first-order chi connectivity index (χ1) is 16.1. The molecule has 1 unspecified atom stereocenters. The zero-order valence-corrected chi connectivity index (χ0v) is 18.7. The van der Waals surface area contributed by atoms with Crippen molar-refractivity contribution in [3.63, 3.8) is 0 Å². The van der Waals surface area contributed by atoms with Crippen LogP contribution in [0.15, 0.2) is 54.6 Å². The molecule has 2 N–H and O–H groups in total. The largest absolute Gasteiger partial charge is 0.401 e. The molecule has 0 aliphatic carbocycles. The number of carbonyl (C=O) groups is 2. The SMILES string of the molecule is CC(=O)c1c(C)nn(-c2ccccc2)c1NC(=O)NC1CN(CC(F)(F)F)Cc2ccccc21. The standard InChI is InChI=1S/C24H24F3N5O2/c1-15-21(16(2)33)22(32(30-15)18-9-4-3-5-10-18)29-23(34)28-20-13-31(14-24(25,26)27)12-17-8-6-7-11-19(17)20/h3-11,20H,12-14H2,1-2H3,(H2,28,29,34). The van der Waals surface area contributed by atoms with Gasteiger partial charge in [0.1, 0.15) is 5.82 Å². The van der Waals surface area contributed by atoms with Crippen LogP contribution < -0.4 is 10.6 Å². The van der Waals surface area contributed by atoms with E-state index in [0.29, 0.717) is 11.4 Å². The number of aryl methyl sites for hydroxylation is 1. The molecule has 0 fully saturated rings. The van der Waals surface area contributed by atoms with E-state index >= 15 is 0 Å². The van der Waals surface area contributed by atoms with Crippen LogP contribution in [0.2, 0.25) is 0 Å². The van der Waals surface area contributed by atoms with E-state index in [1.54, 1.807) is 55.5 Å². The average molecular weight is 471 g/mol. The van der Waals surface area contributed by atoms with E-state index in [1.807, 2.05) is 6.07 Å². The quantitative estimate of drug-likeness (QED) is 0.532. The van der Waals surface area contributed by atoms with Gasteiger partial charge in [-0.05, 0) is 37.1 Å². The van der Waals surface area contributed by atoms with Gasteiger partial charge in [-0.3, -0.25) is 15.0 Å². The maximum absolute atomic E-state index is 13.0. The van der Waals surface area contributed by atoms with Crippen molar-refractivity contribution in [2.24, 2.45) is 0 Å². The molecule has 0 saturated heterocycles. The number of alkyl halides is 3. The smallest absolute Gasteiger partial charge is 0.330 e. The van der Waals surface area contributed by atoms with Gasteiger partial charge in [0.2, 0.25) is 0 Å². The van der Waals surface area contributed by atoms with E-state index < -0.39 is 24.8 Å². The lowest BCUT2D eigenvalue weighted by atomic mass is 9.95. The lowest BCUT2D eigenvalue weighted by Crippen LogP contribution is -2.46. The Morgan fingerprint density at radius 3 is 2.44 bits per heavy atom. The van der Waals surface area contributed by atoms with E-state index in [1.165, 1.54) is 16.5 Å². The van der Waals surface area contributed by atoms with Gasteiger partial charge in [0.05, 0.1) is 29.5 Å². The van der Waals surface area contributed by atoms with Gasteiger partial charge in [0.25, 0.3) is 0 Å². The number of benzene rings is 2. The molecule has 2 heterocycles. The lowest BCUT2D eigenvalue weighted by Gasteiger charge is -2.35. The summed E-state index contributed by atoms with van der Waals surface area (Å²) in [4.78, 5) is 26.6. The van der Waals surface area contributed by atoms with Crippen LogP contribution in [0, 0.1) is 6.92 Å². The minimum Gasteiger partial charge on any atom is -0.330 e. The molecular formula is C24H24F3N5O2. The van der Waals surface area contributed by atoms with Crippen molar-refractivity contribution in [2.45, 2.75) is 32.6 Å². The van der Waals surface area contributed by atoms with Crippen LogP contribution in [0.3, 0.4) is 0 Å². The number of fused-ring (bicyclic) bond motifs is 1. The molecule has 0 bridgehead atoms. The summed E-state index contributed by atoms with van der Waals surface area (Å²) in [5.74, 6) is -0.0701. The summed E-state index contributed by atoms with van der Waals surface area (Å²) in [7, 11) is 0. The Labute approximate surface area is 194 Å². The molecule has 0 radical (unpaired) electrons. The Morgan fingerprint density at radius 2 is 1.76 bits per heavy atom. The Bertz CT molecular complexity index is 1210. The molecule has 0 saturated carbocycles. The molecule has 1 aliphatic heterocycles. The van der Waals surface area contributed by atoms with Crippen LogP contribution in [-0.4, -0.2) is 45.8 Å². The van der Waals surface area contributed by atoms with Crippen molar-refractivity contribution < 1.29 is 22.8 Å². The monoisotopic (exact) mass is 471 g/mol. The lowest BCUT2D eigenvalue weighted by molar-refractivity contribution is -0.148. The number of anilines is 1. The van der Waals surface area contributed by atoms with E-state index in [4.69, 9.17) is 0 Å². The number of hydrogen-bond acceptors (Lipinski definition) is 4. The first-order valence-corrected chi connectivity index (χ1v) is 10.7. The Balaban J connectivity index is 1.61. The maximum atomic E-state index is 13.0. The fourth-order valence-corrected chi connectivity index (χ4v) is 4.30. The van der Waals surface area contributed by atoms with Gasteiger partial charge in [0.15, 0.2) is 5.78 Å². The zero-order chi connectivity index (χ0) is 24.5. The fourth-order valence-electron chi connectivity index (χ4n) is 4.30. The topological polar surface area (TPSA) is 79.3 Å². The first-order valence-electron chi connectivity index (χ1n) is 10.7. The van der Waals surface area contributed by atoms with Gasteiger partial charge < -0.3 is 5.32 Å². The van der Waals surface area contributed by atoms with Gasteiger partial charge in [0, 0.05) is 13.1 Å². The van der Waals surface area contributed by atoms with Crippen LogP contribution >= 0.6 is 0 Å². The molecule has 4 rings (SSSR count). The van der Waals surface area contributed by atoms with Crippen LogP contribution in [0.25, 0.3) is 5.69 Å². The molecule has 1 aromatic heterocycles. The molecule has 178 valence electrons. The second-order valence-electron chi connectivity index (χ2n) is 8.25. The number of aromatic nitrogens is 2. The van der Waals surface area contributed by atoms with E-state index in [-0.39, 0.29) is 30.3 Å². The molecular weight excluding hydrogens is 447 g/mol.